The molecule has 1 fully saturated rings. The Kier molecular flexibility index (Phi) is 3.39. The summed E-state index contributed by atoms with van der Waals surface area (Å²) in [6.45, 7) is 1.33. The molecule has 0 saturated carbocycles. The van der Waals surface area contributed by atoms with Crippen LogP contribution >= 0.6 is 12.6 Å². The molecule has 0 spiro atoms. The van der Waals surface area contributed by atoms with Crippen molar-refractivity contribution in [2.75, 3.05) is 13.7 Å². The zero-order valence-electron chi connectivity index (χ0n) is 9.22. The highest BCUT2D eigenvalue weighted by atomic mass is 32.1. The first-order valence-electron chi connectivity index (χ1n) is 5.28. The van der Waals surface area contributed by atoms with Crippen LogP contribution in [0.1, 0.15) is 12.0 Å². The van der Waals surface area contributed by atoms with Crippen LogP contribution in [-0.4, -0.2) is 29.7 Å². The standard InChI is InChI=1S/C12H15NO2S/c1-15-11-5-3-2-4-9(11)7-13-8-10(16)6-12(13)14/h2-5,10,16H,6-8H2,1H3. The summed E-state index contributed by atoms with van der Waals surface area (Å²) in [5.74, 6) is 1.00. The fourth-order valence-corrected chi connectivity index (χ4v) is 2.30. The number of likely N-dealkylation sites (tertiary alicyclic amines) is 1. The number of amides is 1. The number of nitrogens with zero attached hydrogens (tertiary/aromatic N) is 1. The van der Waals surface area contributed by atoms with Gasteiger partial charge in [0.15, 0.2) is 0 Å². The van der Waals surface area contributed by atoms with Crippen LogP contribution in [0.4, 0.5) is 0 Å². The molecule has 3 nitrogen and oxygen atoms in total. The van der Waals surface area contributed by atoms with E-state index in [0.29, 0.717) is 13.0 Å². The molecular weight excluding hydrogens is 222 g/mol. The van der Waals surface area contributed by atoms with Gasteiger partial charge in [0.2, 0.25) is 5.91 Å². The number of hydrogen-bond donors (Lipinski definition) is 1. The fraction of sp³-hybridized carbons (Fsp3) is 0.417. The molecule has 0 aliphatic carbocycles. The number of carbonyl (C=O) groups is 1. The third kappa shape index (κ3) is 2.32. The van der Waals surface area contributed by atoms with Gasteiger partial charge in [-0.05, 0) is 6.07 Å². The summed E-state index contributed by atoms with van der Waals surface area (Å²) in [7, 11) is 1.64. The van der Waals surface area contributed by atoms with Crippen molar-refractivity contribution < 1.29 is 9.53 Å². The van der Waals surface area contributed by atoms with E-state index < -0.39 is 0 Å². The van der Waals surface area contributed by atoms with E-state index in [9.17, 15) is 4.79 Å². The van der Waals surface area contributed by atoms with E-state index in [-0.39, 0.29) is 11.2 Å². The maximum absolute atomic E-state index is 11.6. The first-order valence-corrected chi connectivity index (χ1v) is 5.80. The minimum atomic E-state index is 0.169. The molecule has 16 heavy (non-hydrogen) atoms. The van der Waals surface area contributed by atoms with E-state index in [1.807, 2.05) is 29.2 Å². The quantitative estimate of drug-likeness (QED) is 0.811. The van der Waals surface area contributed by atoms with Gasteiger partial charge in [-0.3, -0.25) is 4.79 Å². The zero-order chi connectivity index (χ0) is 11.5. The number of ether oxygens (including phenoxy) is 1. The molecule has 1 aliphatic rings. The predicted octanol–water partition coefficient (Wildman–Crippen LogP) is 1.73. The molecule has 4 heteroatoms. The van der Waals surface area contributed by atoms with Crippen molar-refractivity contribution >= 4 is 18.5 Å². The average molecular weight is 237 g/mol. The first kappa shape index (κ1) is 11.3. The minimum Gasteiger partial charge on any atom is -0.496 e. The SMILES string of the molecule is COc1ccccc1CN1CC(S)CC1=O. The Hall–Kier alpha value is -1.16. The molecule has 1 unspecified atom stereocenters. The van der Waals surface area contributed by atoms with Crippen LogP contribution in [0.5, 0.6) is 5.75 Å². The molecule has 0 N–H and O–H groups in total. The molecule has 0 aromatic heterocycles. The van der Waals surface area contributed by atoms with Crippen LogP contribution in [-0.2, 0) is 11.3 Å². The van der Waals surface area contributed by atoms with E-state index in [1.54, 1.807) is 7.11 Å². The molecule has 2 rings (SSSR count). The molecule has 0 radical (unpaired) electrons. The number of thiol groups is 1. The lowest BCUT2D eigenvalue weighted by atomic mass is 10.2. The smallest absolute Gasteiger partial charge is 0.224 e. The van der Waals surface area contributed by atoms with Gasteiger partial charge in [-0.25, -0.2) is 0 Å². The normalized spacial score (nSPS) is 20.2. The second kappa shape index (κ2) is 4.78. The largest absolute Gasteiger partial charge is 0.496 e. The second-order valence-corrected chi connectivity index (χ2v) is 4.67. The van der Waals surface area contributed by atoms with Crippen molar-refractivity contribution in [2.24, 2.45) is 0 Å². The number of carbonyl (C=O) groups excluding carboxylic acids is 1. The molecule has 86 valence electrons. The Morgan fingerprint density at radius 1 is 1.50 bits per heavy atom. The van der Waals surface area contributed by atoms with Gasteiger partial charge in [0.1, 0.15) is 5.75 Å². The lowest BCUT2D eigenvalue weighted by Crippen LogP contribution is -2.24. The summed E-state index contributed by atoms with van der Waals surface area (Å²) in [5.41, 5.74) is 1.04. The maximum Gasteiger partial charge on any atom is 0.224 e. The highest BCUT2D eigenvalue weighted by Crippen LogP contribution is 2.23. The molecule has 1 aliphatic heterocycles. The van der Waals surface area contributed by atoms with E-state index >= 15 is 0 Å². The zero-order valence-corrected chi connectivity index (χ0v) is 10.1. The number of benzene rings is 1. The van der Waals surface area contributed by atoms with Crippen LogP contribution < -0.4 is 4.74 Å². The van der Waals surface area contributed by atoms with Gasteiger partial charge in [0.05, 0.1) is 7.11 Å². The first-order chi connectivity index (χ1) is 7.70. The van der Waals surface area contributed by atoms with Crippen molar-refractivity contribution in [2.45, 2.75) is 18.2 Å². The number of methoxy groups -OCH3 is 1. The van der Waals surface area contributed by atoms with Crippen molar-refractivity contribution in [3.63, 3.8) is 0 Å². The summed E-state index contributed by atoms with van der Waals surface area (Å²) in [6, 6.07) is 7.78. The molecule has 0 bridgehead atoms. The van der Waals surface area contributed by atoms with Crippen molar-refractivity contribution in [1.29, 1.82) is 0 Å². The predicted molar refractivity (Wildman–Crippen MR) is 65.8 cm³/mol. The van der Waals surface area contributed by atoms with Crippen LogP contribution in [0.2, 0.25) is 0 Å². The van der Waals surface area contributed by atoms with Crippen LogP contribution in [0.25, 0.3) is 0 Å². The highest BCUT2D eigenvalue weighted by molar-refractivity contribution is 7.81. The Bertz CT molecular complexity index is 394. The molecule has 1 saturated heterocycles. The van der Waals surface area contributed by atoms with Crippen LogP contribution in [0, 0.1) is 0 Å². The number of rotatable bonds is 3. The third-order valence-electron chi connectivity index (χ3n) is 2.75. The lowest BCUT2D eigenvalue weighted by Gasteiger charge is -2.17. The fourth-order valence-electron chi connectivity index (χ4n) is 1.94. The molecular formula is C12H15NO2S. The molecule has 1 aromatic carbocycles. The average Bonchev–Trinajstić information content (AvgIpc) is 2.58. The lowest BCUT2D eigenvalue weighted by molar-refractivity contribution is -0.128. The second-order valence-electron chi connectivity index (χ2n) is 3.94. The minimum absolute atomic E-state index is 0.169. The van der Waals surface area contributed by atoms with Gasteiger partial charge in [0, 0.05) is 30.3 Å². The van der Waals surface area contributed by atoms with E-state index in [0.717, 1.165) is 17.9 Å². The summed E-state index contributed by atoms with van der Waals surface area (Å²) < 4.78 is 5.26. The van der Waals surface area contributed by atoms with Gasteiger partial charge in [-0.2, -0.15) is 12.6 Å². The summed E-state index contributed by atoms with van der Waals surface area (Å²) in [6.07, 6.45) is 0.540. The molecule has 1 heterocycles. The Morgan fingerprint density at radius 3 is 2.88 bits per heavy atom. The Balaban J connectivity index is 2.12. The molecule has 1 amide bonds. The molecule has 1 atom stereocenters. The van der Waals surface area contributed by atoms with Gasteiger partial charge < -0.3 is 9.64 Å². The van der Waals surface area contributed by atoms with Crippen molar-refractivity contribution in [1.82, 2.24) is 4.90 Å². The summed E-state index contributed by atoms with van der Waals surface area (Å²) >= 11 is 4.33. The highest BCUT2D eigenvalue weighted by Gasteiger charge is 2.27. The summed E-state index contributed by atoms with van der Waals surface area (Å²) in [5, 5.41) is 0.169. The monoisotopic (exact) mass is 237 g/mol. The number of para-hydroxylation sites is 1. The summed E-state index contributed by atoms with van der Waals surface area (Å²) in [4.78, 5) is 13.5. The van der Waals surface area contributed by atoms with Crippen molar-refractivity contribution in [3.05, 3.63) is 29.8 Å². The maximum atomic E-state index is 11.6. The van der Waals surface area contributed by atoms with E-state index in [1.165, 1.54) is 0 Å². The van der Waals surface area contributed by atoms with E-state index in [4.69, 9.17) is 4.74 Å². The van der Waals surface area contributed by atoms with Crippen LogP contribution in [0.3, 0.4) is 0 Å². The van der Waals surface area contributed by atoms with Gasteiger partial charge >= 0.3 is 0 Å². The van der Waals surface area contributed by atoms with Gasteiger partial charge in [-0.15, -0.1) is 0 Å². The van der Waals surface area contributed by atoms with Crippen molar-refractivity contribution in [3.8, 4) is 5.75 Å². The van der Waals surface area contributed by atoms with E-state index in [2.05, 4.69) is 12.6 Å². The number of hydrogen-bond acceptors (Lipinski definition) is 3. The Labute approximate surface area is 101 Å². The third-order valence-corrected chi connectivity index (χ3v) is 3.09. The molecule has 1 aromatic rings. The Morgan fingerprint density at radius 2 is 2.25 bits per heavy atom. The van der Waals surface area contributed by atoms with Crippen LogP contribution in [0.15, 0.2) is 24.3 Å². The topological polar surface area (TPSA) is 29.5 Å². The van der Waals surface area contributed by atoms with Gasteiger partial charge in [0.25, 0.3) is 0 Å². The van der Waals surface area contributed by atoms with Gasteiger partial charge in [-0.1, -0.05) is 18.2 Å².